The Morgan fingerprint density at radius 3 is 2.94 bits per heavy atom. The molecule has 0 aliphatic rings. The number of azide groups is 1. The predicted molar refractivity (Wildman–Crippen MR) is 57.3 cm³/mol. The maximum Gasteiger partial charge on any atom is 0.163 e. The van der Waals surface area contributed by atoms with Gasteiger partial charge >= 0.3 is 0 Å². The van der Waals surface area contributed by atoms with Crippen molar-refractivity contribution in [3.63, 3.8) is 0 Å². The Bertz CT molecular complexity index is 471. The number of nitriles is 1. The van der Waals surface area contributed by atoms with Crippen LogP contribution in [0, 0.1) is 11.3 Å². The highest BCUT2D eigenvalue weighted by Gasteiger charge is 2.24. The molecule has 0 amide bonds. The number of nitrogens with zero attached hydrogens (tertiary/aromatic N) is 5. The number of aliphatic hydroxyl groups is 2. The number of rotatable bonds is 5. The first-order valence-electron chi connectivity index (χ1n) is 4.72. The van der Waals surface area contributed by atoms with E-state index in [0.29, 0.717) is 0 Å². The van der Waals surface area contributed by atoms with Crippen molar-refractivity contribution in [1.82, 2.24) is 10.2 Å². The molecule has 0 bridgehead atoms. The van der Waals surface area contributed by atoms with Crippen molar-refractivity contribution in [3.05, 3.63) is 21.7 Å². The summed E-state index contributed by atoms with van der Waals surface area (Å²) < 4.78 is 0. The van der Waals surface area contributed by atoms with Crippen molar-refractivity contribution in [1.29, 1.82) is 5.26 Å². The minimum atomic E-state index is -1.33. The monoisotopic (exact) mass is 237 g/mol. The van der Waals surface area contributed by atoms with E-state index in [4.69, 9.17) is 16.5 Å². The molecule has 0 saturated carbocycles. The van der Waals surface area contributed by atoms with E-state index in [9.17, 15) is 10.2 Å². The van der Waals surface area contributed by atoms with Crippen molar-refractivity contribution < 1.29 is 10.2 Å². The zero-order valence-electron chi connectivity index (χ0n) is 8.78. The standard InChI is InChI=1S/C8H11N7O2/c9-3-4-6(13-14-8(4)10)7(17)5(16)1-2-12-15-11/h5,7,16-17H,1-2H2,(H3,10,13,14). The van der Waals surface area contributed by atoms with Crippen molar-refractivity contribution in [2.45, 2.75) is 18.6 Å². The second-order valence-electron chi connectivity index (χ2n) is 3.26. The quantitative estimate of drug-likeness (QED) is 0.319. The number of H-pyrrole nitrogens is 1. The highest BCUT2D eigenvalue weighted by atomic mass is 16.3. The second kappa shape index (κ2) is 5.72. The molecular formula is C8H11N7O2. The Morgan fingerprint density at radius 1 is 1.65 bits per heavy atom. The van der Waals surface area contributed by atoms with E-state index in [2.05, 4.69) is 20.2 Å². The number of hydrogen-bond donors (Lipinski definition) is 4. The molecule has 0 spiro atoms. The summed E-state index contributed by atoms with van der Waals surface area (Å²) in [6, 6.07) is 1.78. The van der Waals surface area contributed by atoms with Gasteiger partial charge in [0.25, 0.3) is 0 Å². The Morgan fingerprint density at radius 2 is 2.35 bits per heavy atom. The first-order valence-corrected chi connectivity index (χ1v) is 4.72. The molecule has 1 aromatic rings. The minimum Gasteiger partial charge on any atom is -0.390 e. The molecule has 0 aliphatic carbocycles. The molecule has 2 unspecified atom stereocenters. The third kappa shape index (κ3) is 2.85. The van der Waals surface area contributed by atoms with Crippen molar-refractivity contribution >= 4 is 5.82 Å². The molecule has 17 heavy (non-hydrogen) atoms. The summed E-state index contributed by atoms with van der Waals surface area (Å²) in [6.45, 7) is 0.0419. The lowest BCUT2D eigenvalue weighted by molar-refractivity contribution is 0.0123. The van der Waals surface area contributed by atoms with Crippen LogP contribution in [0.15, 0.2) is 5.11 Å². The SMILES string of the molecule is N#Cc1c(N)n[nH]c1C(O)C(O)CCN=[N+]=[N-]. The lowest BCUT2D eigenvalue weighted by Gasteiger charge is -2.15. The fraction of sp³-hybridized carbons (Fsp3) is 0.500. The number of aromatic amines is 1. The topological polar surface area (TPSA) is 168 Å². The summed E-state index contributed by atoms with van der Waals surface area (Å²) in [7, 11) is 0. The molecule has 0 saturated heterocycles. The van der Waals surface area contributed by atoms with Gasteiger partial charge in [-0.2, -0.15) is 10.4 Å². The third-order valence-corrected chi connectivity index (χ3v) is 2.18. The average molecular weight is 237 g/mol. The maximum absolute atomic E-state index is 9.75. The van der Waals surface area contributed by atoms with Gasteiger partial charge in [-0.05, 0) is 12.0 Å². The first kappa shape index (κ1) is 12.8. The Hall–Kier alpha value is -2.27. The van der Waals surface area contributed by atoms with Gasteiger partial charge in [0.2, 0.25) is 0 Å². The summed E-state index contributed by atoms with van der Waals surface area (Å²) in [5.41, 5.74) is 13.5. The van der Waals surface area contributed by atoms with Crippen molar-refractivity contribution in [2.24, 2.45) is 5.11 Å². The Labute approximate surface area is 96.1 Å². The van der Waals surface area contributed by atoms with Crippen LogP contribution in [0.25, 0.3) is 10.4 Å². The number of nitrogen functional groups attached to an aromatic ring is 1. The number of aliphatic hydroxyl groups excluding tert-OH is 2. The number of anilines is 1. The molecule has 0 aliphatic heterocycles. The Balaban J connectivity index is 2.78. The van der Waals surface area contributed by atoms with E-state index < -0.39 is 12.2 Å². The van der Waals surface area contributed by atoms with E-state index in [0.717, 1.165) is 0 Å². The largest absolute Gasteiger partial charge is 0.390 e. The van der Waals surface area contributed by atoms with Gasteiger partial charge in [0.05, 0.1) is 11.8 Å². The van der Waals surface area contributed by atoms with Gasteiger partial charge in [0.15, 0.2) is 5.82 Å². The lowest BCUT2D eigenvalue weighted by Crippen LogP contribution is -2.20. The van der Waals surface area contributed by atoms with Crippen LogP contribution in [0.3, 0.4) is 0 Å². The van der Waals surface area contributed by atoms with E-state index in [1.54, 1.807) is 6.07 Å². The summed E-state index contributed by atoms with van der Waals surface area (Å²) in [6.07, 6.45) is -2.44. The van der Waals surface area contributed by atoms with Crippen LogP contribution in [0.5, 0.6) is 0 Å². The molecule has 5 N–H and O–H groups in total. The molecule has 0 radical (unpaired) electrons. The fourth-order valence-corrected chi connectivity index (χ4v) is 1.29. The molecule has 0 aromatic carbocycles. The molecular weight excluding hydrogens is 226 g/mol. The van der Waals surface area contributed by atoms with E-state index >= 15 is 0 Å². The molecule has 9 nitrogen and oxygen atoms in total. The van der Waals surface area contributed by atoms with Crippen LogP contribution in [-0.4, -0.2) is 33.1 Å². The molecule has 90 valence electrons. The number of hydrogen-bond acceptors (Lipinski definition) is 6. The summed E-state index contributed by atoms with van der Waals surface area (Å²) in [4.78, 5) is 2.52. The van der Waals surface area contributed by atoms with E-state index in [-0.39, 0.29) is 30.0 Å². The average Bonchev–Trinajstić information content (AvgIpc) is 2.69. The molecule has 1 heterocycles. The summed E-state index contributed by atoms with van der Waals surface area (Å²) in [5, 5.41) is 37.3. The number of nitrogens with one attached hydrogen (secondary N) is 1. The summed E-state index contributed by atoms with van der Waals surface area (Å²) in [5.74, 6) is -0.0382. The molecule has 1 aromatic heterocycles. The number of nitrogens with two attached hydrogens (primary N) is 1. The smallest absolute Gasteiger partial charge is 0.163 e. The highest BCUT2D eigenvalue weighted by molar-refractivity contribution is 5.51. The van der Waals surface area contributed by atoms with Gasteiger partial charge in [-0.25, -0.2) is 0 Å². The van der Waals surface area contributed by atoms with Gasteiger partial charge < -0.3 is 15.9 Å². The molecule has 2 atom stereocenters. The minimum absolute atomic E-state index is 0.000310. The van der Waals surface area contributed by atoms with Gasteiger partial charge in [0, 0.05) is 11.5 Å². The second-order valence-corrected chi connectivity index (χ2v) is 3.26. The van der Waals surface area contributed by atoms with Crippen LogP contribution < -0.4 is 5.73 Å². The molecule has 9 heteroatoms. The van der Waals surface area contributed by atoms with Gasteiger partial charge in [-0.15, -0.1) is 0 Å². The molecule has 0 fully saturated rings. The highest BCUT2D eigenvalue weighted by Crippen LogP contribution is 2.23. The predicted octanol–water partition coefficient (Wildman–Crippen LogP) is -0.0417. The van der Waals surface area contributed by atoms with E-state index in [1.807, 2.05) is 0 Å². The van der Waals surface area contributed by atoms with Gasteiger partial charge in [-0.1, -0.05) is 5.11 Å². The first-order chi connectivity index (χ1) is 8.11. The van der Waals surface area contributed by atoms with Crippen LogP contribution in [0.1, 0.15) is 23.8 Å². The number of aromatic nitrogens is 2. The van der Waals surface area contributed by atoms with Crippen molar-refractivity contribution in [3.8, 4) is 6.07 Å². The third-order valence-electron chi connectivity index (χ3n) is 2.18. The Kier molecular flexibility index (Phi) is 4.30. The van der Waals surface area contributed by atoms with Gasteiger partial charge in [-0.3, -0.25) is 5.10 Å². The normalized spacial score (nSPS) is 13.5. The van der Waals surface area contributed by atoms with Gasteiger partial charge in [0.1, 0.15) is 17.7 Å². The summed E-state index contributed by atoms with van der Waals surface area (Å²) >= 11 is 0. The maximum atomic E-state index is 9.75. The molecule has 1 rings (SSSR count). The fourth-order valence-electron chi connectivity index (χ4n) is 1.29. The lowest BCUT2D eigenvalue weighted by atomic mass is 10.0. The zero-order chi connectivity index (χ0) is 12.8. The zero-order valence-corrected chi connectivity index (χ0v) is 8.78. The van der Waals surface area contributed by atoms with Crippen LogP contribution in [0.2, 0.25) is 0 Å². The van der Waals surface area contributed by atoms with Crippen LogP contribution in [0.4, 0.5) is 5.82 Å². The van der Waals surface area contributed by atoms with E-state index in [1.165, 1.54) is 0 Å². The van der Waals surface area contributed by atoms with Crippen LogP contribution in [-0.2, 0) is 0 Å². The van der Waals surface area contributed by atoms with Crippen molar-refractivity contribution in [2.75, 3.05) is 12.3 Å². The van der Waals surface area contributed by atoms with Crippen LogP contribution >= 0.6 is 0 Å².